The molecular formula is C28H28N4O4S. The standard InChI is InChI=1S/C28H28N4O4S/c1-18-13-17-37-27(18)28(34)29-25-19(9-11-22-20-6-3-4-7-21(20)30-31-22)10-12-23(26(25)35-2)36-16-15-32-14-5-8-24(32)33/h3-4,6-7,9-13,17H,5,8,14-16H2,1-2H3,(H,29,34)(H,30,31). The Labute approximate surface area is 218 Å². The van der Waals surface area contributed by atoms with Crippen molar-refractivity contribution in [2.45, 2.75) is 19.8 Å². The molecule has 5 rings (SSSR count). The predicted octanol–water partition coefficient (Wildman–Crippen LogP) is 5.37. The van der Waals surface area contributed by atoms with Gasteiger partial charge in [-0.1, -0.05) is 24.3 Å². The van der Waals surface area contributed by atoms with Crippen LogP contribution in [0.4, 0.5) is 5.69 Å². The van der Waals surface area contributed by atoms with Crippen molar-refractivity contribution in [3.8, 4) is 11.5 Å². The second-order valence-electron chi connectivity index (χ2n) is 8.77. The summed E-state index contributed by atoms with van der Waals surface area (Å²) in [5, 5.41) is 13.4. The van der Waals surface area contributed by atoms with Gasteiger partial charge in [0.05, 0.1) is 35.4 Å². The smallest absolute Gasteiger partial charge is 0.266 e. The Morgan fingerprint density at radius 1 is 1.22 bits per heavy atom. The van der Waals surface area contributed by atoms with Crippen LogP contribution >= 0.6 is 11.3 Å². The fourth-order valence-corrected chi connectivity index (χ4v) is 5.25. The third-order valence-electron chi connectivity index (χ3n) is 6.38. The van der Waals surface area contributed by atoms with Gasteiger partial charge in [-0.05, 0) is 54.6 Å². The molecule has 1 aliphatic rings. The fourth-order valence-electron chi connectivity index (χ4n) is 4.43. The topological polar surface area (TPSA) is 96.6 Å². The number of carbonyl (C=O) groups excluding carboxylic acids is 2. The zero-order valence-electron chi connectivity index (χ0n) is 20.7. The number of hydrogen-bond donors (Lipinski definition) is 2. The zero-order valence-corrected chi connectivity index (χ0v) is 21.6. The van der Waals surface area contributed by atoms with Gasteiger partial charge in [0.2, 0.25) is 5.91 Å². The van der Waals surface area contributed by atoms with Gasteiger partial charge < -0.3 is 19.7 Å². The molecule has 0 atom stereocenters. The van der Waals surface area contributed by atoms with Crippen molar-refractivity contribution >= 4 is 51.9 Å². The summed E-state index contributed by atoms with van der Waals surface area (Å²) in [7, 11) is 1.55. The quantitative estimate of drug-likeness (QED) is 0.312. The highest BCUT2D eigenvalue weighted by Crippen LogP contribution is 2.40. The van der Waals surface area contributed by atoms with E-state index in [0.29, 0.717) is 41.6 Å². The van der Waals surface area contributed by atoms with Gasteiger partial charge in [0.1, 0.15) is 6.61 Å². The van der Waals surface area contributed by atoms with E-state index < -0.39 is 0 Å². The van der Waals surface area contributed by atoms with Crippen LogP contribution in [-0.2, 0) is 4.79 Å². The molecule has 190 valence electrons. The van der Waals surface area contributed by atoms with Gasteiger partial charge in [-0.15, -0.1) is 11.3 Å². The van der Waals surface area contributed by atoms with Crippen LogP contribution in [-0.4, -0.2) is 53.7 Å². The number of nitrogens with zero attached hydrogens (tertiary/aromatic N) is 2. The molecule has 1 aliphatic heterocycles. The van der Waals surface area contributed by atoms with Crippen molar-refractivity contribution in [3.63, 3.8) is 0 Å². The molecule has 1 saturated heterocycles. The summed E-state index contributed by atoms with van der Waals surface area (Å²) in [4.78, 5) is 27.6. The summed E-state index contributed by atoms with van der Waals surface area (Å²) in [5.74, 6) is 0.853. The van der Waals surface area contributed by atoms with E-state index in [2.05, 4.69) is 15.5 Å². The Morgan fingerprint density at radius 3 is 2.84 bits per heavy atom. The van der Waals surface area contributed by atoms with Gasteiger partial charge >= 0.3 is 0 Å². The molecule has 2 aromatic carbocycles. The molecule has 2 N–H and O–H groups in total. The molecule has 1 fully saturated rings. The molecule has 0 unspecified atom stereocenters. The molecule has 2 aromatic heterocycles. The number of thiophene rings is 1. The van der Waals surface area contributed by atoms with Gasteiger partial charge in [0.15, 0.2) is 11.5 Å². The van der Waals surface area contributed by atoms with Crippen molar-refractivity contribution in [2.24, 2.45) is 0 Å². The lowest BCUT2D eigenvalue weighted by Gasteiger charge is -2.19. The number of aromatic nitrogens is 2. The third kappa shape index (κ3) is 5.22. The number of aryl methyl sites for hydroxylation is 1. The van der Waals surface area contributed by atoms with Crippen LogP contribution in [0.15, 0.2) is 47.8 Å². The minimum absolute atomic E-state index is 0.154. The number of hydrogen-bond acceptors (Lipinski definition) is 6. The van der Waals surface area contributed by atoms with E-state index >= 15 is 0 Å². The number of ether oxygens (including phenoxy) is 2. The van der Waals surface area contributed by atoms with Crippen molar-refractivity contribution in [1.82, 2.24) is 15.1 Å². The van der Waals surface area contributed by atoms with Gasteiger partial charge in [-0.25, -0.2) is 0 Å². The van der Waals surface area contributed by atoms with E-state index in [1.807, 2.05) is 66.9 Å². The van der Waals surface area contributed by atoms with E-state index in [9.17, 15) is 9.59 Å². The molecule has 4 aromatic rings. The average molecular weight is 517 g/mol. The van der Waals surface area contributed by atoms with E-state index in [-0.39, 0.29) is 11.8 Å². The normalized spacial score (nSPS) is 13.6. The molecular weight excluding hydrogens is 488 g/mol. The van der Waals surface area contributed by atoms with Crippen molar-refractivity contribution in [1.29, 1.82) is 0 Å². The number of H-pyrrole nitrogens is 1. The fraction of sp³-hybridized carbons (Fsp3) is 0.250. The highest BCUT2D eigenvalue weighted by atomic mass is 32.1. The van der Waals surface area contributed by atoms with E-state index in [1.165, 1.54) is 11.3 Å². The summed E-state index contributed by atoms with van der Waals surface area (Å²) in [6, 6.07) is 13.5. The first-order valence-corrected chi connectivity index (χ1v) is 13.0. The van der Waals surface area contributed by atoms with E-state index in [0.717, 1.165) is 40.7 Å². The Hall–Kier alpha value is -4.11. The summed E-state index contributed by atoms with van der Waals surface area (Å²) >= 11 is 1.39. The summed E-state index contributed by atoms with van der Waals surface area (Å²) < 4.78 is 11.8. The molecule has 0 spiro atoms. The van der Waals surface area contributed by atoms with Crippen molar-refractivity contribution in [3.05, 3.63) is 69.5 Å². The van der Waals surface area contributed by atoms with Crippen LogP contribution in [0.5, 0.6) is 11.5 Å². The first kappa shape index (κ1) is 24.6. The number of carbonyl (C=O) groups is 2. The maximum absolute atomic E-state index is 13.2. The van der Waals surface area contributed by atoms with Gasteiger partial charge in [-0.3, -0.25) is 14.7 Å². The number of rotatable bonds is 9. The Balaban J connectivity index is 1.46. The first-order chi connectivity index (χ1) is 18.0. The predicted molar refractivity (Wildman–Crippen MR) is 146 cm³/mol. The third-order valence-corrected chi connectivity index (χ3v) is 7.39. The van der Waals surface area contributed by atoms with Crippen LogP contribution in [0.1, 0.15) is 39.3 Å². The van der Waals surface area contributed by atoms with Crippen LogP contribution < -0.4 is 14.8 Å². The minimum atomic E-state index is -0.217. The Morgan fingerprint density at radius 2 is 2.08 bits per heavy atom. The maximum atomic E-state index is 13.2. The zero-order chi connectivity index (χ0) is 25.8. The number of amides is 2. The lowest BCUT2D eigenvalue weighted by molar-refractivity contribution is -0.128. The molecule has 0 radical (unpaired) electrons. The molecule has 0 saturated carbocycles. The van der Waals surface area contributed by atoms with Crippen molar-refractivity contribution in [2.75, 3.05) is 32.1 Å². The maximum Gasteiger partial charge on any atom is 0.266 e. The monoisotopic (exact) mass is 516 g/mol. The van der Waals surface area contributed by atoms with Crippen LogP contribution in [0.3, 0.4) is 0 Å². The lowest BCUT2D eigenvalue weighted by Crippen LogP contribution is -2.29. The second kappa shape index (κ2) is 10.9. The molecule has 37 heavy (non-hydrogen) atoms. The second-order valence-corrected chi connectivity index (χ2v) is 9.68. The van der Waals surface area contributed by atoms with Crippen molar-refractivity contribution < 1.29 is 19.1 Å². The van der Waals surface area contributed by atoms with Crippen LogP contribution in [0.2, 0.25) is 0 Å². The van der Waals surface area contributed by atoms with Gasteiger partial charge in [-0.2, -0.15) is 5.10 Å². The number of aromatic amines is 1. The molecule has 0 aliphatic carbocycles. The summed E-state index contributed by atoms with van der Waals surface area (Å²) in [6.07, 6.45) is 5.27. The molecule has 3 heterocycles. The number of para-hydroxylation sites is 1. The highest BCUT2D eigenvalue weighted by molar-refractivity contribution is 7.12. The summed E-state index contributed by atoms with van der Waals surface area (Å²) in [5.41, 5.74) is 3.89. The lowest BCUT2D eigenvalue weighted by atomic mass is 10.1. The molecule has 9 heteroatoms. The Kier molecular flexibility index (Phi) is 7.23. The van der Waals surface area contributed by atoms with E-state index in [4.69, 9.17) is 9.47 Å². The number of likely N-dealkylation sites (tertiary alicyclic amines) is 1. The number of nitrogens with one attached hydrogen (secondary N) is 2. The first-order valence-electron chi connectivity index (χ1n) is 12.1. The Bertz CT molecular complexity index is 1470. The van der Waals surface area contributed by atoms with E-state index in [1.54, 1.807) is 12.0 Å². The number of benzene rings is 2. The number of anilines is 1. The highest BCUT2D eigenvalue weighted by Gasteiger charge is 2.22. The van der Waals surface area contributed by atoms with Gasteiger partial charge in [0, 0.05) is 23.9 Å². The summed E-state index contributed by atoms with van der Waals surface area (Å²) in [6.45, 7) is 3.50. The largest absolute Gasteiger partial charge is 0.491 e. The molecule has 0 bridgehead atoms. The number of methoxy groups -OCH3 is 1. The minimum Gasteiger partial charge on any atom is -0.491 e. The van der Waals surface area contributed by atoms with Gasteiger partial charge in [0.25, 0.3) is 5.91 Å². The average Bonchev–Trinajstić information content (AvgIpc) is 3.63. The number of fused-ring (bicyclic) bond motifs is 1. The van der Waals surface area contributed by atoms with Crippen LogP contribution in [0, 0.1) is 6.92 Å². The van der Waals surface area contributed by atoms with Crippen LogP contribution in [0.25, 0.3) is 23.1 Å². The molecule has 8 nitrogen and oxygen atoms in total. The SMILES string of the molecule is COc1c(OCCN2CCCC2=O)ccc(C=Cc2n[nH]c3ccccc23)c1NC(=O)c1sccc1C. The molecule has 2 amide bonds.